The topological polar surface area (TPSA) is 33.5 Å². The number of anilines is 1. The average Bonchev–Trinajstić information content (AvgIpc) is 3.03. The van der Waals surface area contributed by atoms with E-state index in [0.29, 0.717) is 6.42 Å². The summed E-state index contributed by atoms with van der Waals surface area (Å²) in [5, 5.41) is 2.19. The highest BCUT2D eigenvalue weighted by Gasteiger charge is 2.25. The molecule has 2 heterocycles. The molecule has 0 N–H and O–H groups in total. The molecule has 1 fully saturated rings. The summed E-state index contributed by atoms with van der Waals surface area (Å²) in [5.41, 5.74) is 2.63. The van der Waals surface area contributed by atoms with Crippen LogP contribution in [0.15, 0.2) is 40.8 Å². The quantitative estimate of drug-likeness (QED) is 0.592. The molecule has 0 unspecified atom stereocenters. The van der Waals surface area contributed by atoms with Crippen molar-refractivity contribution in [2.24, 2.45) is 0 Å². The third-order valence-electron chi connectivity index (χ3n) is 3.82. The van der Waals surface area contributed by atoms with Gasteiger partial charge in [-0.3, -0.25) is 4.79 Å². The number of halogens is 1. The highest BCUT2D eigenvalue weighted by Crippen LogP contribution is 2.37. The minimum Gasteiger partial charge on any atom is -0.453 e. The fourth-order valence-corrected chi connectivity index (χ4v) is 3.49. The van der Waals surface area contributed by atoms with Gasteiger partial charge in [0.1, 0.15) is 5.58 Å². The Hall–Kier alpha value is -1.56. The van der Waals surface area contributed by atoms with Crippen LogP contribution in [0.5, 0.6) is 0 Å². The molecule has 1 amide bonds. The molecule has 0 bridgehead atoms. The van der Waals surface area contributed by atoms with Crippen LogP contribution in [0, 0.1) is 3.57 Å². The van der Waals surface area contributed by atoms with Gasteiger partial charge in [-0.15, -0.1) is 0 Å². The molecule has 1 aromatic heterocycles. The maximum absolute atomic E-state index is 12.0. The fourth-order valence-electron chi connectivity index (χ4n) is 2.89. The van der Waals surface area contributed by atoms with Crippen LogP contribution in [0.1, 0.15) is 12.8 Å². The summed E-state index contributed by atoms with van der Waals surface area (Å²) >= 11 is 2.28. The monoisotopic (exact) mass is 377 g/mol. The molecule has 1 saturated heterocycles. The van der Waals surface area contributed by atoms with Gasteiger partial charge in [-0.05, 0) is 41.1 Å². The minimum absolute atomic E-state index is 0.188. The van der Waals surface area contributed by atoms with Crippen molar-refractivity contribution in [2.45, 2.75) is 12.8 Å². The largest absolute Gasteiger partial charge is 0.453 e. The Kier molecular flexibility index (Phi) is 2.73. The normalized spacial score (nSPS) is 15.7. The highest BCUT2D eigenvalue weighted by molar-refractivity contribution is 14.1. The second-order valence-electron chi connectivity index (χ2n) is 5.02. The van der Waals surface area contributed by atoms with Gasteiger partial charge in [0.2, 0.25) is 5.91 Å². The SMILES string of the molecule is O=C1CCCN1c1cccc2c1oc1c(I)cccc12. The number of carbonyl (C=O) groups excluding carboxylic acids is 1. The Morgan fingerprint density at radius 1 is 1.05 bits per heavy atom. The van der Waals surface area contributed by atoms with E-state index in [4.69, 9.17) is 4.42 Å². The predicted molar refractivity (Wildman–Crippen MR) is 88.0 cm³/mol. The van der Waals surface area contributed by atoms with E-state index >= 15 is 0 Å². The van der Waals surface area contributed by atoms with Gasteiger partial charge >= 0.3 is 0 Å². The molecule has 0 atom stereocenters. The first kappa shape index (κ1) is 12.2. The first-order valence-corrected chi connectivity index (χ1v) is 7.74. The van der Waals surface area contributed by atoms with Gasteiger partial charge in [0.25, 0.3) is 0 Å². The first-order valence-electron chi connectivity index (χ1n) is 6.66. The van der Waals surface area contributed by atoms with Crippen LogP contribution >= 0.6 is 22.6 Å². The molecule has 0 aliphatic carbocycles. The van der Waals surface area contributed by atoms with Crippen molar-refractivity contribution in [3.05, 3.63) is 40.0 Å². The Morgan fingerprint density at radius 2 is 1.80 bits per heavy atom. The number of hydrogen-bond donors (Lipinski definition) is 0. The average molecular weight is 377 g/mol. The van der Waals surface area contributed by atoms with Crippen molar-refractivity contribution in [2.75, 3.05) is 11.4 Å². The molecule has 3 nitrogen and oxygen atoms in total. The van der Waals surface area contributed by atoms with Crippen molar-refractivity contribution >= 4 is 56.1 Å². The smallest absolute Gasteiger partial charge is 0.227 e. The maximum atomic E-state index is 12.0. The molecule has 1 aliphatic rings. The molecule has 4 heteroatoms. The second-order valence-corrected chi connectivity index (χ2v) is 6.18. The van der Waals surface area contributed by atoms with Crippen LogP contribution in [-0.4, -0.2) is 12.5 Å². The number of nitrogens with zero attached hydrogens (tertiary/aromatic N) is 1. The summed E-state index contributed by atoms with van der Waals surface area (Å²) in [6, 6.07) is 12.2. The van der Waals surface area contributed by atoms with Gasteiger partial charge in [-0.1, -0.05) is 24.3 Å². The van der Waals surface area contributed by atoms with Gasteiger partial charge in [-0.2, -0.15) is 0 Å². The summed E-state index contributed by atoms with van der Waals surface area (Å²) in [7, 11) is 0. The third-order valence-corrected chi connectivity index (χ3v) is 4.67. The summed E-state index contributed by atoms with van der Waals surface area (Å²) in [5.74, 6) is 0.188. The molecule has 2 aromatic carbocycles. The van der Waals surface area contributed by atoms with Crippen LogP contribution in [0.2, 0.25) is 0 Å². The Morgan fingerprint density at radius 3 is 2.55 bits per heavy atom. The number of furan rings is 1. The Balaban J connectivity index is 2.05. The van der Waals surface area contributed by atoms with Gasteiger partial charge < -0.3 is 9.32 Å². The second kappa shape index (κ2) is 4.48. The number of para-hydroxylation sites is 2. The standard InChI is InChI=1S/C16H12INO2/c17-12-6-1-4-10-11-5-2-7-13(16(11)20-15(10)12)18-9-3-8-14(18)19/h1-2,4-7H,3,8-9H2. The van der Waals surface area contributed by atoms with Crippen molar-refractivity contribution < 1.29 is 9.21 Å². The lowest BCUT2D eigenvalue weighted by Gasteiger charge is -2.15. The van der Waals surface area contributed by atoms with Crippen LogP contribution < -0.4 is 4.90 Å². The fraction of sp³-hybridized carbons (Fsp3) is 0.188. The summed E-state index contributed by atoms with van der Waals surface area (Å²) in [4.78, 5) is 13.8. The van der Waals surface area contributed by atoms with Crippen LogP contribution in [-0.2, 0) is 4.79 Å². The van der Waals surface area contributed by atoms with Gasteiger partial charge in [0.05, 0.1) is 9.26 Å². The molecule has 0 saturated carbocycles. The molecule has 20 heavy (non-hydrogen) atoms. The lowest BCUT2D eigenvalue weighted by molar-refractivity contribution is -0.117. The van der Waals surface area contributed by atoms with E-state index in [-0.39, 0.29) is 5.91 Å². The van der Waals surface area contributed by atoms with Crippen LogP contribution in [0.3, 0.4) is 0 Å². The molecule has 1 aliphatic heterocycles. The van der Waals surface area contributed by atoms with E-state index in [9.17, 15) is 4.79 Å². The van der Waals surface area contributed by atoms with E-state index in [0.717, 1.165) is 44.2 Å². The molecule has 4 rings (SSSR count). The lowest BCUT2D eigenvalue weighted by atomic mass is 10.1. The molecule has 0 spiro atoms. The van der Waals surface area contributed by atoms with Gasteiger partial charge in [0.15, 0.2) is 5.58 Å². The zero-order valence-corrected chi connectivity index (χ0v) is 12.9. The molecule has 100 valence electrons. The van der Waals surface area contributed by atoms with E-state index in [1.54, 1.807) is 0 Å². The first-order chi connectivity index (χ1) is 9.75. The van der Waals surface area contributed by atoms with E-state index in [2.05, 4.69) is 34.7 Å². The van der Waals surface area contributed by atoms with Crippen molar-refractivity contribution in [3.8, 4) is 0 Å². The number of carbonyl (C=O) groups is 1. The van der Waals surface area contributed by atoms with Crippen molar-refractivity contribution in [1.29, 1.82) is 0 Å². The number of rotatable bonds is 1. The molecule has 3 aromatic rings. The van der Waals surface area contributed by atoms with Crippen LogP contribution in [0.25, 0.3) is 21.9 Å². The lowest BCUT2D eigenvalue weighted by Crippen LogP contribution is -2.23. The van der Waals surface area contributed by atoms with Crippen molar-refractivity contribution in [1.82, 2.24) is 0 Å². The Bertz CT molecular complexity index is 837. The van der Waals surface area contributed by atoms with E-state index in [1.165, 1.54) is 0 Å². The maximum Gasteiger partial charge on any atom is 0.227 e. The number of amides is 1. The summed E-state index contributed by atoms with van der Waals surface area (Å²) in [6.45, 7) is 0.784. The minimum atomic E-state index is 0.188. The number of benzene rings is 2. The van der Waals surface area contributed by atoms with E-state index in [1.807, 2.05) is 29.2 Å². The molecular weight excluding hydrogens is 365 g/mol. The highest BCUT2D eigenvalue weighted by atomic mass is 127. The van der Waals surface area contributed by atoms with Gasteiger partial charge in [0, 0.05) is 23.7 Å². The molecular formula is C16H12INO2. The zero-order valence-electron chi connectivity index (χ0n) is 10.7. The third kappa shape index (κ3) is 1.67. The summed E-state index contributed by atoms with van der Waals surface area (Å²) in [6.07, 6.45) is 1.56. The zero-order chi connectivity index (χ0) is 13.7. The number of fused-ring (bicyclic) bond motifs is 3. The van der Waals surface area contributed by atoms with Crippen LogP contribution in [0.4, 0.5) is 5.69 Å². The number of hydrogen-bond acceptors (Lipinski definition) is 2. The van der Waals surface area contributed by atoms with Gasteiger partial charge in [-0.25, -0.2) is 0 Å². The summed E-state index contributed by atoms with van der Waals surface area (Å²) < 4.78 is 7.17. The molecule has 0 radical (unpaired) electrons. The van der Waals surface area contributed by atoms with Crippen molar-refractivity contribution in [3.63, 3.8) is 0 Å². The predicted octanol–water partition coefficient (Wildman–Crippen LogP) is 4.32. The van der Waals surface area contributed by atoms with E-state index < -0.39 is 0 Å². The Labute approximate surface area is 129 Å².